The standard InChI is InChI=1S/C15H15BrIN/c16-14(12-8-6-11(10-18)7-9-12)15(17)13-4-2-1-3-5-13/h6-9,13H,1-5H2/b15-14+. The molecule has 1 nitrogen and oxygen atoms in total. The van der Waals surface area contributed by atoms with E-state index >= 15 is 0 Å². The van der Waals surface area contributed by atoms with Gasteiger partial charge in [0.15, 0.2) is 0 Å². The van der Waals surface area contributed by atoms with Crippen LogP contribution in [0.1, 0.15) is 43.2 Å². The topological polar surface area (TPSA) is 23.8 Å². The maximum absolute atomic E-state index is 8.80. The summed E-state index contributed by atoms with van der Waals surface area (Å²) in [5.41, 5.74) is 1.88. The van der Waals surface area contributed by atoms with Crippen molar-refractivity contribution in [2.45, 2.75) is 32.1 Å². The molecule has 0 N–H and O–H groups in total. The Hall–Kier alpha value is -0.340. The van der Waals surface area contributed by atoms with E-state index in [1.165, 1.54) is 45.7 Å². The Morgan fingerprint density at radius 2 is 1.78 bits per heavy atom. The van der Waals surface area contributed by atoms with Gasteiger partial charge in [-0.25, -0.2) is 0 Å². The van der Waals surface area contributed by atoms with E-state index in [9.17, 15) is 0 Å². The molecule has 0 amide bonds. The fourth-order valence-electron chi connectivity index (χ4n) is 2.36. The van der Waals surface area contributed by atoms with E-state index in [1.54, 1.807) is 0 Å². The van der Waals surface area contributed by atoms with Crippen molar-refractivity contribution in [2.75, 3.05) is 0 Å². The summed E-state index contributed by atoms with van der Waals surface area (Å²) in [6.45, 7) is 0. The van der Waals surface area contributed by atoms with E-state index in [-0.39, 0.29) is 0 Å². The van der Waals surface area contributed by atoms with Crippen molar-refractivity contribution in [1.29, 1.82) is 5.26 Å². The summed E-state index contributed by atoms with van der Waals surface area (Å²) in [6.07, 6.45) is 6.71. The Bertz CT molecular complexity index is 478. The van der Waals surface area contributed by atoms with Crippen molar-refractivity contribution in [1.82, 2.24) is 0 Å². The largest absolute Gasteiger partial charge is 0.192 e. The smallest absolute Gasteiger partial charge is 0.0991 e. The van der Waals surface area contributed by atoms with E-state index in [1.807, 2.05) is 24.3 Å². The van der Waals surface area contributed by atoms with Gasteiger partial charge in [-0.05, 0) is 75.0 Å². The third kappa shape index (κ3) is 3.36. The highest BCUT2D eigenvalue weighted by Crippen LogP contribution is 2.40. The molecule has 0 radical (unpaired) electrons. The van der Waals surface area contributed by atoms with Crippen LogP contribution in [0.25, 0.3) is 4.48 Å². The van der Waals surface area contributed by atoms with Gasteiger partial charge in [-0.3, -0.25) is 0 Å². The predicted molar refractivity (Wildman–Crippen MR) is 87.6 cm³/mol. The molecule has 0 unspecified atom stereocenters. The van der Waals surface area contributed by atoms with Crippen LogP contribution in [-0.2, 0) is 0 Å². The minimum Gasteiger partial charge on any atom is -0.192 e. The molecule has 1 aliphatic carbocycles. The number of nitrogens with zero attached hydrogens (tertiary/aromatic N) is 1. The summed E-state index contributed by atoms with van der Waals surface area (Å²) in [5, 5.41) is 8.80. The van der Waals surface area contributed by atoms with Crippen LogP contribution in [0.4, 0.5) is 0 Å². The first-order chi connectivity index (χ1) is 8.72. The Morgan fingerprint density at radius 1 is 1.17 bits per heavy atom. The number of allylic oxidation sites excluding steroid dienone is 1. The minimum atomic E-state index is 0.712. The van der Waals surface area contributed by atoms with Crippen LogP contribution >= 0.6 is 38.5 Å². The van der Waals surface area contributed by atoms with E-state index in [4.69, 9.17) is 5.26 Å². The van der Waals surface area contributed by atoms with Crippen LogP contribution in [0, 0.1) is 17.2 Å². The Kier molecular flexibility index (Phi) is 5.25. The fraction of sp³-hybridized carbons (Fsp3) is 0.400. The zero-order chi connectivity index (χ0) is 13.0. The number of rotatable bonds is 2. The van der Waals surface area contributed by atoms with Gasteiger partial charge < -0.3 is 0 Å². The first-order valence-corrected chi connectivity index (χ1v) is 8.15. The maximum Gasteiger partial charge on any atom is 0.0991 e. The molecule has 1 aromatic carbocycles. The van der Waals surface area contributed by atoms with Crippen molar-refractivity contribution in [3.63, 3.8) is 0 Å². The van der Waals surface area contributed by atoms with Gasteiger partial charge in [0, 0.05) is 8.06 Å². The Balaban J connectivity index is 2.21. The van der Waals surface area contributed by atoms with Gasteiger partial charge in [-0.15, -0.1) is 0 Å². The second-order valence-electron chi connectivity index (χ2n) is 4.69. The van der Waals surface area contributed by atoms with Crippen molar-refractivity contribution in [3.05, 3.63) is 39.0 Å². The van der Waals surface area contributed by atoms with E-state index in [2.05, 4.69) is 44.6 Å². The van der Waals surface area contributed by atoms with E-state index < -0.39 is 0 Å². The number of benzene rings is 1. The van der Waals surface area contributed by atoms with Crippen LogP contribution in [0.5, 0.6) is 0 Å². The molecule has 1 fully saturated rings. The summed E-state index contributed by atoms with van der Waals surface area (Å²) in [5.74, 6) is 0.712. The van der Waals surface area contributed by atoms with Gasteiger partial charge in [0.2, 0.25) is 0 Å². The van der Waals surface area contributed by atoms with Crippen LogP contribution in [0.3, 0.4) is 0 Å². The maximum atomic E-state index is 8.80. The van der Waals surface area contributed by atoms with Crippen molar-refractivity contribution >= 4 is 43.0 Å². The molecule has 0 saturated heterocycles. The molecule has 2 rings (SSSR count). The van der Waals surface area contributed by atoms with E-state index in [0.29, 0.717) is 11.5 Å². The van der Waals surface area contributed by atoms with Crippen LogP contribution in [0.2, 0.25) is 0 Å². The van der Waals surface area contributed by atoms with Gasteiger partial charge >= 0.3 is 0 Å². The third-order valence-electron chi connectivity index (χ3n) is 3.44. The second-order valence-corrected chi connectivity index (χ2v) is 6.64. The molecule has 0 bridgehead atoms. The molecule has 0 atom stereocenters. The monoisotopic (exact) mass is 415 g/mol. The normalized spacial score (nSPS) is 18.1. The zero-order valence-electron chi connectivity index (χ0n) is 10.1. The number of nitriles is 1. The van der Waals surface area contributed by atoms with Gasteiger partial charge in [0.05, 0.1) is 11.6 Å². The van der Waals surface area contributed by atoms with Gasteiger partial charge in [-0.2, -0.15) is 5.26 Å². The Labute approximate surface area is 131 Å². The lowest BCUT2D eigenvalue weighted by atomic mass is 9.88. The first-order valence-electron chi connectivity index (χ1n) is 6.28. The molecule has 0 spiro atoms. The summed E-state index contributed by atoms with van der Waals surface area (Å²) in [4.78, 5) is 0. The lowest BCUT2D eigenvalue weighted by Crippen LogP contribution is -2.06. The Morgan fingerprint density at radius 3 is 2.33 bits per heavy atom. The average molecular weight is 416 g/mol. The molecule has 1 saturated carbocycles. The first kappa shape index (κ1) is 14.1. The van der Waals surface area contributed by atoms with E-state index in [0.717, 1.165) is 0 Å². The average Bonchev–Trinajstić information content (AvgIpc) is 2.47. The zero-order valence-corrected chi connectivity index (χ0v) is 13.9. The predicted octanol–water partition coefficient (Wildman–Crippen LogP) is 5.64. The molecule has 18 heavy (non-hydrogen) atoms. The molecule has 1 aliphatic rings. The lowest BCUT2D eigenvalue weighted by Gasteiger charge is -2.22. The number of halogens is 2. The second kappa shape index (κ2) is 6.72. The molecule has 94 valence electrons. The minimum absolute atomic E-state index is 0.712. The number of hydrogen-bond donors (Lipinski definition) is 0. The van der Waals surface area contributed by atoms with Crippen molar-refractivity contribution in [2.24, 2.45) is 5.92 Å². The van der Waals surface area contributed by atoms with Crippen LogP contribution in [0.15, 0.2) is 27.8 Å². The number of hydrogen-bond acceptors (Lipinski definition) is 1. The van der Waals surface area contributed by atoms with Crippen molar-refractivity contribution < 1.29 is 0 Å². The molecule has 0 aliphatic heterocycles. The molecule has 0 heterocycles. The van der Waals surface area contributed by atoms with Crippen LogP contribution in [-0.4, -0.2) is 0 Å². The van der Waals surface area contributed by atoms with Crippen molar-refractivity contribution in [3.8, 4) is 6.07 Å². The molecular formula is C15H15BrIN. The van der Waals surface area contributed by atoms with Crippen LogP contribution < -0.4 is 0 Å². The molecular weight excluding hydrogens is 401 g/mol. The summed E-state index contributed by atoms with van der Waals surface area (Å²) in [6, 6.07) is 9.94. The SMILES string of the molecule is N#Cc1ccc(/C(Br)=C(\I)C2CCCCC2)cc1. The molecule has 3 heteroatoms. The summed E-state index contributed by atoms with van der Waals surface area (Å²) < 4.78 is 2.62. The highest BCUT2D eigenvalue weighted by atomic mass is 127. The highest BCUT2D eigenvalue weighted by molar-refractivity contribution is 14.1. The lowest BCUT2D eigenvalue weighted by molar-refractivity contribution is 0.418. The van der Waals surface area contributed by atoms with Gasteiger partial charge in [0.1, 0.15) is 0 Å². The summed E-state index contributed by atoms with van der Waals surface area (Å²) in [7, 11) is 0. The van der Waals surface area contributed by atoms with Gasteiger partial charge in [0.25, 0.3) is 0 Å². The fourth-order valence-corrected chi connectivity index (χ4v) is 3.89. The third-order valence-corrected chi connectivity index (χ3v) is 6.49. The summed E-state index contributed by atoms with van der Waals surface area (Å²) >= 11 is 6.20. The molecule has 0 aromatic heterocycles. The quantitative estimate of drug-likeness (QED) is 0.573. The molecule has 1 aromatic rings. The van der Waals surface area contributed by atoms with Gasteiger partial charge in [-0.1, -0.05) is 31.4 Å². The highest BCUT2D eigenvalue weighted by Gasteiger charge is 2.18.